The van der Waals surface area contributed by atoms with Crippen LogP contribution in [0, 0.1) is 11.6 Å². The molecular formula is C26H29F4N3O3Si. The molecule has 4 rings (SSSR count). The SMILES string of the molecule is C=C1C(=O)N(c2ccc3c(c2)ncn3COCC[Si](C)(C)C)[C@H]1c1c(F)cc(OCCC(F)F)cc1F. The summed E-state index contributed by atoms with van der Waals surface area (Å²) in [4.78, 5) is 18.3. The van der Waals surface area contributed by atoms with Crippen LogP contribution < -0.4 is 9.64 Å². The zero-order chi connectivity index (χ0) is 26.9. The van der Waals surface area contributed by atoms with E-state index in [-0.39, 0.29) is 23.5 Å². The van der Waals surface area contributed by atoms with Crippen LogP contribution in [-0.4, -0.2) is 43.2 Å². The van der Waals surface area contributed by atoms with Gasteiger partial charge in [0.1, 0.15) is 24.1 Å². The first-order valence-corrected chi connectivity index (χ1v) is 15.6. The van der Waals surface area contributed by atoms with Crippen molar-refractivity contribution >= 4 is 30.7 Å². The summed E-state index contributed by atoms with van der Waals surface area (Å²) in [5, 5.41) is 0. The zero-order valence-electron chi connectivity index (χ0n) is 20.9. The van der Waals surface area contributed by atoms with Gasteiger partial charge in [0.2, 0.25) is 6.43 Å². The molecule has 0 N–H and O–H groups in total. The Morgan fingerprint density at radius 2 is 1.81 bits per heavy atom. The summed E-state index contributed by atoms with van der Waals surface area (Å²) >= 11 is 0. The summed E-state index contributed by atoms with van der Waals surface area (Å²) in [6, 6.07) is 6.95. The molecule has 2 heterocycles. The third kappa shape index (κ3) is 5.88. The molecule has 0 saturated carbocycles. The first-order valence-electron chi connectivity index (χ1n) is 11.9. The predicted octanol–water partition coefficient (Wildman–Crippen LogP) is 6.30. The van der Waals surface area contributed by atoms with Crippen molar-refractivity contribution in [3.05, 3.63) is 66.0 Å². The van der Waals surface area contributed by atoms with Gasteiger partial charge in [0.05, 0.1) is 35.6 Å². The van der Waals surface area contributed by atoms with Gasteiger partial charge < -0.3 is 14.0 Å². The van der Waals surface area contributed by atoms with Crippen molar-refractivity contribution < 1.29 is 31.8 Å². The molecule has 1 aliphatic rings. The summed E-state index contributed by atoms with van der Waals surface area (Å²) in [5.41, 5.74) is 1.47. The monoisotopic (exact) mass is 535 g/mol. The van der Waals surface area contributed by atoms with Gasteiger partial charge in [0, 0.05) is 44.5 Å². The number of amides is 1. The molecule has 198 valence electrons. The highest BCUT2D eigenvalue weighted by atomic mass is 28.3. The van der Waals surface area contributed by atoms with E-state index in [0.29, 0.717) is 24.5 Å². The van der Waals surface area contributed by atoms with Crippen LogP contribution in [-0.2, 0) is 16.3 Å². The lowest BCUT2D eigenvalue weighted by Gasteiger charge is -2.42. The third-order valence-corrected chi connectivity index (χ3v) is 7.83. The van der Waals surface area contributed by atoms with E-state index in [1.54, 1.807) is 24.5 Å². The number of fused-ring (bicyclic) bond motifs is 1. The van der Waals surface area contributed by atoms with Crippen molar-refractivity contribution in [2.45, 2.75) is 51.3 Å². The average molecular weight is 536 g/mol. The summed E-state index contributed by atoms with van der Waals surface area (Å²) in [7, 11) is -1.20. The number of nitrogens with zero attached hydrogens (tertiary/aromatic N) is 3. The molecule has 0 spiro atoms. The van der Waals surface area contributed by atoms with Gasteiger partial charge in [0.15, 0.2) is 0 Å². The average Bonchev–Trinajstić information content (AvgIpc) is 3.21. The number of halogens is 4. The molecular weight excluding hydrogens is 506 g/mol. The minimum absolute atomic E-state index is 0.0330. The highest BCUT2D eigenvalue weighted by Crippen LogP contribution is 2.45. The number of aromatic nitrogens is 2. The first-order chi connectivity index (χ1) is 17.5. The maximum absolute atomic E-state index is 15.0. The van der Waals surface area contributed by atoms with Crippen molar-refractivity contribution in [2.75, 3.05) is 18.1 Å². The van der Waals surface area contributed by atoms with E-state index in [9.17, 15) is 22.4 Å². The molecule has 3 aromatic rings. The molecule has 11 heteroatoms. The number of carbonyl (C=O) groups is 1. The van der Waals surface area contributed by atoms with E-state index in [0.717, 1.165) is 23.7 Å². The molecule has 6 nitrogen and oxygen atoms in total. The Kier molecular flexibility index (Phi) is 7.74. The Labute approximate surface area is 213 Å². The number of anilines is 1. The molecule has 1 atom stereocenters. The minimum Gasteiger partial charge on any atom is -0.493 e. The fourth-order valence-electron chi connectivity index (χ4n) is 4.07. The largest absolute Gasteiger partial charge is 0.493 e. The molecule has 1 saturated heterocycles. The molecule has 0 aliphatic carbocycles. The zero-order valence-corrected chi connectivity index (χ0v) is 21.9. The first kappa shape index (κ1) is 26.9. The van der Waals surface area contributed by atoms with Gasteiger partial charge in [-0.3, -0.25) is 9.69 Å². The van der Waals surface area contributed by atoms with Gasteiger partial charge in [-0.2, -0.15) is 0 Å². The van der Waals surface area contributed by atoms with Crippen molar-refractivity contribution in [3.8, 4) is 5.75 Å². The number of imidazole rings is 1. The lowest BCUT2D eigenvalue weighted by Crippen LogP contribution is -2.49. The van der Waals surface area contributed by atoms with E-state index in [2.05, 4.69) is 31.2 Å². The summed E-state index contributed by atoms with van der Waals surface area (Å²) in [5.74, 6) is -2.59. The number of carbonyl (C=O) groups excluding carboxylic acids is 1. The summed E-state index contributed by atoms with van der Waals surface area (Å²) < 4.78 is 67.3. The van der Waals surface area contributed by atoms with Crippen LogP contribution in [0.3, 0.4) is 0 Å². The van der Waals surface area contributed by atoms with Crippen molar-refractivity contribution in [2.24, 2.45) is 0 Å². The second-order valence-electron chi connectivity index (χ2n) is 10.2. The Balaban J connectivity index is 1.53. The van der Waals surface area contributed by atoms with Crippen LogP contribution in [0.2, 0.25) is 25.7 Å². The van der Waals surface area contributed by atoms with Gasteiger partial charge in [-0.05, 0) is 24.2 Å². The van der Waals surface area contributed by atoms with Crippen molar-refractivity contribution in [1.29, 1.82) is 0 Å². The number of alkyl halides is 2. The smallest absolute Gasteiger partial charge is 0.256 e. The second-order valence-corrected chi connectivity index (χ2v) is 15.8. The normalized spacial score (nSPS) is 16.1. The molecule has 0 radical (unpaired) electrons. The topological polar surface area (TPSA) is 56.6 Å². The Bertz CT molecular complexity index is 1300. The van der Waals surface area contributed by atoms with E-state index in [1.165, 1.54) is 4.90 Å². The molecule has 37 heavy (non-hydrogen) atoms. The Morgan fingerprint density at radius 3 is 2.46 bits per heavy atom. The van der Waals surface area contributed by atoms with Crippen LogP contribution in [0.25, 0.3) is 11.0 Å². The predicted molar refractivity (Wildman–Crippen MR) is 136 cm³/mol. The number of benzene rings is 2. The van der Waals surface area contributed by atoms with E-state index in [1.807, 2.05) is 4.57 Å². The highest BCUT2D eigenvalue weighted by molar-refractivity contribution is 6.76. The van der Waals surface area contributed by atoms with Gasteiger partial charge >= 0.3 is 0 Å². The molecule has 1 aliphatic heterocycles. The molecule has 0 unspecified atom stereocenters. The fraction of sp³-hybridized carbons (Fsp3) is 0.385. The van der Waals surface area contributed by atoms with Crippen molar-refractivity contribution in [3.63, 3.8) is 0 Å². The highest BCUT2D eigenvalue weighted by Gasteiger charge is 2.45. The van der Waals surface area contributed by atoms with Crippen LogP contribution in [0.4, 0.5) is 23.2 Å². The van der Waals surface area contributed by atoms with Gasteiger partial charge in [-0.1, -0.05) is 26.2 Å². The molecule has 1 amide bonds. The van der Waals surface area contributed by atoms with Crippen molar-refractivity contribution in [1.82, 2.24) is 9.55 Å². The molecule has 0 bridgehead atoms. The van der Waals surface area contributed by atoms with E-state index in [4.69, 9.17) is 9.47 Å². The lowest BCUT2D eigenvalue weighted by molar-refractivity contribution is -0.119. The van der Waals surface area contributed by atoms with Crippen LogP contribution >= 0.6 is 0 Å². The Hall–Kier alpha value is -3.18. The molecule has 1 fully saturated rings. The van der Waals surface area contributed by atoms with E-state index < -0.39 is 44.5 Å². The molecule has 1 aromatic heterocycles. The summed E-state index contributed by atoms with van der Waals surface area (Å²) in [6.07, 6.45) is -1.50. The Morgan fingerprint density at radius 1 is 1.11 bits per heavy atom. The van der Waals surface area contributed by atoms with Crippen LogP contribution in [0.1, 0.15) is 18.0 Å². The second kappa shape index (κ2) is 10.7. The number of ether oxygens (including phenoxy) is 2. The summed E-state index contributed by atoms with van der Waals surface area (Å²) in [6.45, 7) is 11.2. The fourth-order valence-corrected chi connectivity index (χ4v) is 4.82. The van der Waals surface area contributed by atoms with Crippen LogP contribution in [0.15, 0.2) is 48.8 Å². The lowest BCUT2D eigenvalue weighted by atomic mass is 9.87. The van der Waals surface area contributed by atoms with Gasteiger partial charge in [-0.25, -0.2) is 22.5 Å². The number of hydrogen-bond donors (Lipinski definition) is 0. The third-order valence-electron chi connectivity index (χ3n) is 6.12. The maximum atomic E-state index is 15.0. The quantitative estimate of drug-likeness (QED) is 0.0950. The maximum Gasteiger partial charge on any atom is 0.256 e. The van der Waals surface area contributed by atoms with Gasteiger partial charge in [0.25, 0.3) is 5.91 Å². The number of rotatable bonds is 11. The molecule has 2 aromatic carbocycles. The number of β-lactam (4-membered cyclic amide) rings is 1. The standard InChI is InChI=1S/C26H29F4N3O3Si/c1-16-25(24-19(27)12-18(13-20(24)28)36-8-7-23(29)30)33(26(16)34)17-5-6-22-21(11-17)31-14-32(22)15-35-9-10-37(2,3)4/h5-6,11-14,23,25H,1,7-10,15H2,2-4H3/t25-/m1/s1. The minimum atomic E-state index is -2.59. The van der Waals surface area contributed by atoms with Gasteiger partial charge in [-0.15, -0.1) is 0 Å². The van der Waals surface area contributed by atoms with E-state index >= 15 is 0 Å². The number of hydrogen-bond acceptors (Lipinski definition) is 4. The van der Waals surface area contributed by atoms with Crippen LogP contribution in [0.5, 0.6) is 5.75 Å².